The minimum Gasteiger partial charge on any atom is -0.394 e. The van der Waals surface area contributed by atoms with Crippen LogP contribution in [0, 0.1) is 0 Å². The fraction of sp³-hybridized carbons (Fsp3) is 0.911. The first-order chi connectivity index (χ1) is 29.7. The number of carbonyl (C=O) groups excluding carboxylic acids is 1. The lowest BCUT2D eigenvalue weighted by molar-refractivity contribution is -0.123. The Hall–Kier alpha value is -1.13. The van der Waals surface area contributed by atoms with Crippen molar-refractivity contribution < 1.29 is 15.0 Å². The number of hydrogen-bond donors (Lipinski definition) is 3. The van der Waals surface area contributed by atoms with Gasteiger partial charge >= 0.3 is 0 Å². The van der Waals surface area contributed by atoms with Crippen LogP contribution in [0.5, 0.6) is 0 Å². The molecular formula is C56H109NO3. The highest BCUT2D eigenvalue weighted by molar-refractivity contribution is 5.76. The Morgan fingerprint density at radius 3 is 0.967 bits per heavy atom. The molecule has 0 heterocycles. The minimum absolute atomic E-state index is 0.0704. The van der Waals surface area contributed by atoms with Gasteiger partial charge in [0.2, 0.25) is 5.91 Å². The molecule has 0 saturated carbocycles. The third-order valence-electron chi connectivity index (χ3n) is 12.9. The standard InChI is InChI=1S/C56H109NO3/c1-3-5-7-9-11-13-15-16-17-18-19-20-21-22-23-24-25-26-27-28-29-30-31-32-33-34-35-36-37-38-39-40-41-42-44-46-48-50-52-56(60)57-54(53-58)55(59)51-49-47-45-43-14-12-10-8-6-4-2/h14,43,49,51,54-55,58-59H,3-13,15-42,44-48,50,52-53H2,1-2H3,(H,57,60)/b43-14+,51-49+. The normalized spacial score (nSPS) is 12.9. The Kier molecular flexibility index (Phi) is 51.2. The summed E-state index contributed by atoms with van der Waals surface area (Å²) >= 11 is 0. The summed E-state index contributed by atoms with van der Waals surface area (Å²) in [6, 6.07) is -0.634. The van der Waals surface area contributed by atoms with Gasteiger partial charge in [0, 0.05) is 6.42 Å². The first-order valence-electron chi connectivity index (χ1n) is 27.6. The lowest BCUT2D eigenvalue weighted by Gasteiger charge is -2.19. The average Bonchev–Trinajstić information content (AvgIpc) is 3.25. The first kappa shape index (κ1) is 58.9. The summed E-state index contributed by atoms with van der Waals surface area (Å²) in [6.07, 6.45) is 69.4. The summed E-state index contributed by atoms with van der Waals surface area (Å²) in [5.74, 6) is -0.0704. The first-order valence-corrected chi connectivity index (χ1v) is 27.6. The number of unbranched alkanes of at least 4 members (excludes halogenated alkanes) is 42. The van der Waals surface area contributed by atoms with Crippen LogP contribution in [-0.4, -0.2) is 34.9 Å². The van der Waals surface area contributed by atoms with E-state index in [1.807, 2.05) is 6.08 Å². The Balaban J connectivity index is 3.33. The predicted octanol–water partition coefficient (Wildman–Crippen LogP) is 17.9. The maximum Gasteiger partial charge on any atom is 0.220 e. The van der Waals surface area contributed by atoms with Crippen LogP contribution >= 0.6 is 0 Å². The Morgan fingerprint density at radius 1 is 0.383 bits per heavy atom. The molecule has 0 saturated heterocycles. The van der Waals surface area contributed by atoms with Gasteiger partial charge in [0.25, 0.3) is 0 Å². The van der Waals surface area contributed by atoms with Gasteiger partial charge in [0.15, 0.2) is 0 Å². The van der Waals surface area contributed by atoms with E-state index in [2.05, 4.69) is 31.3 Å². The molecule has 0 aliphatic carbocycles. The molecule has 60 heavy (non-hydrogen) atoms. The molecular weight excluding hydrogens is 735 g/mol. The molecule has 356 valence electrons. The number of carbonyl (C=O) groups is 1. The van der Waals surface area contributed by atoms with Crippen molar-refractivity contribution in [1.29, 1.82) is 0 Å². The van der Waals surface area contributed by atoms with Gasteiger partial charge in [-0.15, -0.1) is 0 Å². The number of amides is 1. The largest absolute Gasteiger partial charge is 0.394 e. The Labute approximate surface area is 377 Å². The third kappa shape index (κ3) is 47.9. The number of aliphatic hydroxyl groups excluding tert-OH is 2. The molecule has 4 nitrogen and oxygen atoms in total. The lowest BCUT2D eigenvalue weighted by atomic mass is 10.0. The van der Waals surface area contributed by atoms with E-state index in [0.29, 0.717) is 6.42 Å². The number of rotatable bonds is 51. The summed E-state index contributed by atoms with van der Waals surface area (Å²) in [4.78, 5) is 12.4. The molecule has 0 bridgehead atoms. The van der Waals surface area contributed by atoms with E-state index in [1.165, 1.54) is 257 Å². The topological polar surface area (TPSA) is 69.6 Å². The zero-order valence-electron chi connectivity index (χ0n) is 41.0. The molecule has 1 amide bonds. The second-order valence-corrected chi connectivity index (χ2v) is 19.0. The van der Waals surface area contributed by atoms with Crippen LogP contribution in [-0.2, 0) is 4.79 Å². The Morgan fingerprint density at radius 2 is 0.650 bits per heavy atom. The maximum atomic E-state index is 12.4. The molecule has 0 aromatic carbocycles. The summed E-state index contributed by atoms with van der Waals surface area (Å²) in [5.41, 5.74) is 0. The highest BCUT2D eigenvalue weighted by Crippen LogP contribution is 2.18. The Bertz CT molecular complexity index is 871. The van der Waals surface area contributed by atoms with Crippen molar-refractivity contribution in [3.63, 3.8) is 0 Å². The van der Waals surface area contributed by atoms with Crippen molar-refractivity contribution in [3.8, 4) is 0 Å². The second-order valence-electron chi connectivity index (χ2n) is 19.0. The van der Waals surface area contributed by atoms with Crippen LogP contribution in [0.2, 0.25) is 0 Å². The van der Waals surface area contributed by atoms with E-state index in [1.54, 1.807) is 6.08 Å². The smallest absolute Gasteiger partial charge is 0.220 e. The van der Waals surface area contributed by atoms with E-state index in [9.17, 15) is 15.0 Å². The van der Waals surface area contributed by atoms with Crippen molar-refractivity contribution in [3.05, 3.63) is 24.3 Å². The summed E-state index contributed by atoms with van der Waals surface area (Å²) in [7, 11) is 0. The predicted molar refractivity (Wildman–Crippen MR) is 267 cm³/mol. The van der Waals surface area contributed by atoms with Crippen molar-refractivity contribution in [2.75, 3.05) is 6.61 Å². The van der Waals surface area contributed by atoms with Gasteiger partial charge in [0.1, 0.15) is 0 Å². The summed E-state index contributed by atoms with van der Waals surface area (Å²) in [5, 5.41) is 22.9. The van der Waals surface area contributed by atoms with Gasteiger partial charge < -0.3 is 15.5 Å². The van der Waals surface area contributed by atoms with Crippen molar-refractivity contribution in [2.45, 2.75) is 321 Å². The molecule has 2 unspecified atom stereocenters. The molecule has 3 N–H and O–H groups in total. The summed E-state index contributed by atoms with van der Waals surface area (Å²) < 4.78 is 0. The number of hydrogen-bond acceptors (Lipinski definition) is 3. The van der Waals surface area contributed by atoms with E-state index >= 15 is 0 Å². The molecule has 0 aromatic rings. The monoisotopic (exact) mass is 844 g/mol. The molecule has 2 atom stereocenters. The minimum atomic E-state index is -0.857. The maximum absolute atomic E-state index is 12.4. The van der Waals surface area contributed by atoms with E-state index in [0.717, 1.165) is 32.1 Å². The molecule has 0 aliphatic heterocycles. The molecule has 0 aliphatic rings. The summed E-state index contributed by atoms with van der Waals surface area (Å²) in [6.45, 7) is 4.28. The fourth-order valence-corrected chi connectivity index (χ4v) is 8.73. The molecule has 0 aromatic heterocycles. The highest BCUT2D eigenvalue weighted by Gasteiger charge is 2.18. The van der Waals surface area contributed by atoms with Crippen LogP contribution in [0.3, 0.4) is 0 Å². The highest BCUT2D eigenvalue weighted by atomic mass is 16.3. The van der Waals surface area contributed by atoms with Crippen LogP contribution < -0.4 is 5.32 Å². The van der Waals surface area contributed by atoms with Crippen molar-refractivity contribution >= 4 is 5.91 Å². The van der Waals surface area contributed by atoms with E-state index < -0.39 is 12.1 Å². The lowest BCUT2D eigenvalue weighted by Crippen LogP contribution is -2.45. The third-order valence-corrected chi connectivity index (χ3v) is 12.9. The number of aliphatic hydroxyl groups is 2. The molecule has 4 heteroatoms. The molecule has 0 spiro atoms. The van der Waals surface area contributed by atoms with Gasteiger partial charge in [-0.1, -0.05) is 295 Å². The number of nitrogens with one attached hydrogen (secondary N) is 1. The van der Waals surface area contributed by atoms with E-state index in [-0.39, 0.29) is 12.5 Å². The van der Waals surface area contributed by atoms with Crippen molar-refractivity contribution in [2.24, 2.45) is 0 Å². The van der Waals surface area contributed by atoms with Crippen LogP contribution in [0.1, 0.15) is 309 Å². The molecule has 0 rings (SSSR count). The van der Waals surface area contributed by atoms with Gasteiger partial charge in [-0.05, 0) is 32.1 Å². The quantitative estimate of drug-likeness (QED) is 0.0422. The van der Waals surface area contributed by atoms with Gasteiger partial charge in [-0.25, -0.2) is 0 Å². The van der Waals surface area contributed by atoms with E-state index in [4.69, 9.17) is 0 Å². The molecule has 0 fully saturated rings. The van der Waals surface area contributed by atoms with Crippen molar-refractivity contribution in [1.82, 2.24) is 5.32 Å². The van der Waals surface area contributed by atoms with Gasteiger partial charge in [0.05, 0.1) is 18.8 Å². The second kappa shape index (κ2) is 52.2. The zero-order chi connectivity index (χ0) is 43.5. The zero-order valence-corrected chi connectivity index (χ0v) is 41.0. The van der Waals surface area contributed by atoms with Crippen LogP contribution in [0.4, 0.5) is 0 Å². The van der Waals surface area contributed by atoms with Gasteiger partial charge in [-0.2, -0.15) is 0 Å². The SMILES string of the molecule is CCCCCC/C=C/CC/C=C/C(O)C(CO)NC(=O)CCCCCCCCCCCCCCCCCCCCCCCCCCCCCCCCCCCCCCCC. The molecule has 0 radical (unpaired) electrons. The fourth-order valence-electron chi connectivity index (χ4n) is 8.73. The van der Waals surface area contributed by atoms with Gasteiger partial charge in [-0.3, -0.25) is 4.79 Å². The number of allylic oxidation sites excluding steroid dienone is 3. The van der Waals surface area contributed by atoms with Crippen LogP contribution in [0.25, 0.3) is 0 Å². The van der Waals surface area contributed by atoms with Crippen LogP contribution in [0.15, 0.2) is 24.3 Å². The average molecular weight is 844 g/mol.